The molecule has 0 aliphatic rings. The van der Waals surface area contributed by atoms with E-state index in [-0.39, 0.29) is 5.54 Å². The van der Waals surface area contributed by atoms with Gasteiger partial charge in [0.25, 0.3) is 0 Å². The Balaban J connectivity index is 2.18. The van der Waals surface area contributed by atoms with Crippen LogP contribution < -0.4 is 10.1 Å². The van der Waals surface area contributed by atoms with Crippen LogP contribution in [0.25, 0.3) is 10.8 Å². The third-order valence-electron chi connectivity index (χ3n) is 3.77. The van der Waals surface area contributed by atoms with Crippen molar-refractivity contribution in [2.45, 2.75) is 39.3 Å². The summed E-state index contributed by atoms with van der Waals surface area (Å²) in [6.45, 7) is 7.58. The molecule has 0 aliphatic carbocycles. The molecule has 0 fully saturated rings. The largest absolute Gasteiger partial charge is 0.497 e. The number of methoxy groups -OCH3 is 1. The van der Waals surface area contributed by atoms with E-state index in [0.29, 0.717) is 0 Å². The number of benzene rings is 2. The summed E-state index contributed by atoms with van der Waals surface area (Å²) in [6.07, 6.45) is 1.12. The Hall–Kier alpha value is -1.54. The first-order chi connectivity index (χ1) is 9.04. The van der Waals surface area contributed by atoms with E-state index in [1.165, 1.54) is 16.3 Å². The predicted molar refractivity (Wildman–Crippen MR) is 81.7 cm³/mol. The van der Waals surface area contributed by atoms with Crippen LogP contribution in [0.3, 0.4) is 0 Å². The number of hydrogen-bond acceptors (Lipinski definition) is 2. The van der Waals surface area contributed by atoms with E-state index < -0.39 is 0 Å². The highest BCUT2D eigenvalue weighted by molar-refractivity contribution is 5.84. The van der Waals surface area contributed by atoms with E-state index in [9.17, 15) is 0 Å². The summed E-state index contributed by atoms with van der Waals surface area (Å²) in [6, 6.07) is 12.8. The first-order valence-corrected chi connectivity index (χ1v) is 6.86. The van der Waals surface area contributed by atoms with Crippen LogP contribution in [0.1, 0.15) is 32.8 Å². The van der Waals surface area contributed by atoms with Gasteiger partial charge in [0, 0.05) is 12.1 Å². The highest BCUT2D eigenvalue weighted by atomic mass is 16.5. The molecule has 0 amide bonds. The van der Waals surface area contributed by atoms with E-state index in [0.717, 1.165) is 18.7 Å². The lowest BCUT2D eigenvalue weighted by atomic mass is 10.0. The smallest absolute Gasteiger partial charge is 0.119 e. The highest BCUT2D eigenvalue weighted by Gasteiger charge is 2.13. The van der Waals surface area contributed by atoms with Crippen LogP contribution in [-0.2, 0) is 6.54 Å². The predicted octanol–water partition coefficient (Wildman–Crippen LogP) is 4.13. The molecule has 0 bridgehead atoms. The molecular weight excluding hydrogens is 234 g/mol. The normalized spacial score (nSPS) is 11.8. The van der Waals surface area contributed by atoms with Gasteiger partial charge in [-0.2, -0.15) is 0 Å². The Kier molecular flexibility index (Phi) is 4.11. The first-order valence-electron chi connectivity index (χ1n) is 6.86. The minimum atomic E-state index is 0.189. The van der Waals surface area contributed by atoms with E-state index in [4.69, 9.17) is 4.74 Å². The van der Waals surface area contributed by atoms with Crippen molar-refractivity contribution in [3.63, 3.8) is 0 Å². The zero-order valence-corrected chi connectivity index (χ0v) is 12.3. The van der Waals surface area contributed by atoms with Gasteiger partial charge in [-0.3, -0.25) is 0 Å². The Morgan fingerprint density at radius 3 is 2.42 bits per heavy atom. The van der Waals surface area contributed by atoms with Crippen molar-refractivity contribution in [2.75, 3.05) is 7.11 Å². The van der Waals surface area contributed by atoms with Gasteiger partial charge in [-0.05, 0) is 54.8 Å². The Labute approximate surface area is 115 Å². The van der Waals surface area contributed by atoms with Crippen LogP contribution in [0.4, 0.5) is 0 Å². The molecule has 0 saturated heterocycles. The summed E-state index contributed by atoms with van der Waals surface area (Å²) in [5.74, 6) is 0.908. The molecule has 2 aromatic rings. The summed E-state index contributed by atoms with van der Waals surface area (Å²) >= 11 is 0. The molecule has 0 aliphatic heterocycles. The van der Waals surface area contributed by atoms with Crippen molar-refractivity contribution in [3.05, 3.63) is 42.0 Å². The molecule has 19 heavy (non-hydrogen) atoms. The molecular formula is C17H23NO. The minimum Gasteiger partial charge on any atom is -0.497 e. The number of fused-ring (bicyclic) bond motifs is 1. The SMILES string of the molecule is CCC(C)(C)NCc1ccc2cc(OC)ccc2c1. The zero-order valence-electron chi connectivity index (χ0n) is 12.3. The molecule has 1 N–H and O–H groups in total. The van der Waals surface area contributed by atoms with Crippen LogP contribution >= 0.6 is 0 Å². The van der Waals surface area contributed by atoms with Gasteiger partial charge < -0.3 is 10.1 Å². The van der Waals surface area contributed by atoms with Crippen LogP contribution in [0.15, 0.2) is 36.4 Å². The molecule has 2 heteroatoms. The quantitative estimate of drug-likeness (QED) is 0.869. The fourth-order valence-corrected chi connectivity index (χ4v) is 1.98. The van der Waals surface area contributed by atoms with E-state index in [1.54, 1.807) is 7.11 Å². The molecule has 2 rings (SSSR count). The summed E-state index contributed by atoms with van der Waals surface area (Å²) in [5.41, 5.74) is 1.51. The molecule has 0 spiro atoms. The zero-order chi connectivity index (χ0) is 13.9. The van der Waals surface area contributed by atoms with Crippen molar-refractivity contribution in [2.24, 2.45) is 0 Å². The number of rotatable bonds is 5. The molecule has 0 saturated carbocycles. The van der Waals surface area contributed by atoms with Crippen LogP contribution in [0.5, 0.6) is 5.75 Å². The molecule has 0 heterocycles. The second-order valence-electron chi connectivity index (χ2n) is 5.64. The lowest BCUT2D eigenvalue weighted by Gasteiger charge is -2.24. The van der Waals surface area contributed by atoms with E-state index in [2.05, 4.69) is 56.4 Å². The van der Waals surface area contributed by atoms with Crippen LogP contribution in [0.2, 0.25) is 0 Å². The third-order valence-corrected chi connectivity index (χ3v) is 3.77. The van der Waals surface area contributed by atoms with Gasteiger partial charge in [-0.15, -0.1) is 0 Å². The summed E-state index contributed by atoms with van der Waals surface area (Å²) < 4.78 is 5.25. The molecule has 0 atom stereocenters. The number of ether oxygens (including phenoxy) is 1. The Morgan fingerprint density at radius 2 is 1.74 bits per heavy atom. The maximum absolute atomic E-state index is 5.25. The van der Waals surface area contributed by atoms with Crippen LogP contribution in [0, 0.1) is 0 Å². The first kappa shape index (κ1) is 13.9. The molecule has 0 radical (unpaired) electrons. The van der Waals surface area contributed by atoms with Gasteiger partial charge in [0.1, 0.15) is 5.75 Å². The summed E-state index contributed by atoms with van der Waals surface area (Å²) in [7, 11) is 1.70. The van der Waals surface area contributed by atoms with Crippen molar-refractivity contribution in [1.82, 2.24) is 5.32 Å². The molecule has 2 aromatic carbocycles. The molecule has 0 aromatic heterocycles. The monoisotopic (exact) mass is 257 g/mol. The topological polar surface area (TPSA) is 21.3 Å². The maximum atomic E-state index is 5.25. The fraction of sp³-hybridized carbons (Fsp3) is 0.412. The average Bonchev–Trinajstić information content (AvgIpc) is 2.44. The minimum absolute atomic E-state index is 0.189. The van der Waals surface area contributed by atoms with Crippen molar-refractivity contribution >= 4 is 10.8 Å². The van der Waals surface area contributed by atoms with Gasteiger partial charge in [-0.25, -0.2) is 0 Å². The van der Waals surface area contributed by atoms with Crippen LogP contribution in [-0.4, -0.2) is 12.6 Å². The fourth-order valence-electron chi connectivity index (χ4n) is 1.98. The highest BCUT2D eigenvalue weighted by Crippen LogP contribution is 2.22. The van der Waals surface area contributed by atoms with Crippen molar-refractivity contribution in [1.29, 1.82) is 0 Å². The van der Waals surface area contributed by atoms with Gasteiger partial charge >= 0.3 is 0 Å². The second kappa shape index (κ2) is 5.62. The van der Waals surface area contributed by atoms with Gasteiger partial charge in [0.2, 0.25) is 0 Å². The standard InChI is InChI=1S/C17H23NO/c1-5-17(2,3)18-12-13-6-7-15-11-16(19-4)9-8-14(15)10-13/h6-11,18H,5,12H2,1-4H3. The lowest BCUT2D eigenvalue weighted by molar-refractivity contribution is 0.374. The third kappa shape index (κ3) is 3.48. The van der Waals surface area contributed by atoms with Crippen molar-refractivity contribution < 1.29 is 4.74 Å². The van der Waals surface area contributed by atoms with E-state index in [1.807, 2.05) is 6.07 Å². The van der Waals surface area contributed by atoms with Gasteiger partial charge in [0.05, 0.1) is 7.11 Å². The second-order valence-corrected chi connectivity index (χ2v) is 5.64. The number of hydrogen-bond donors (Lipinski definition) is 1. The Morgan fingerprint density at radius 1 is 1.05 bits per heavy atom. The van der Waals surface area contributed by atoms with E-state index >= 15 is 0 Å². The summed E-state index contributed by atoms with van der Waals surface area (Å²) in [4.78, 5) is 0. The van der Waals surface area contributed by atoms with Crippen molar-refractivity contribution in [3.8, 4) is 5.75 Å². The maximum Gasteiger partial charge on any atom is 0.119 e. The van der Waals surface area contributed by atoms with Gasteiger partial charge in [0.15, 0.2) is 0 Å². The average molecular weight is 257 g/mol. The molecule has 2 nitrogen and oxygen atoms in total. The summed E-state index contributed by atoms with van der Waals surface area (Å²) in [5, 5.41) is 6.07. The van der Waals surface area contributed by atoms with Gasteiger partial charge in [-0.1, -0.05) is 25.1 Å². The molecule has 0 unspecified atom stereocenters. The Bertz CT molecular complexity index is 560. The molecule has 102 valence electrons. The lowest BCUT2D eigenvalue weighted by Crippen LogP contribution is -2.37. The number of nitrogens with one attached hydrogen (secondary N) is 1.